The average molecular weight is 263 g/mol. The zero-order valence-electron chi connectivity index (χ0n) is 11.8. The van der Waals surface area contributed by atoms with E-state index in [1.807, 2.05) is 12.1 Å². The van der Waals surface area contributed by atoms with Gasteiger partial charge in [-0.15, -0.1) is 0 Å². The van der Waals surface area contributed by atoms with Crippen LogP contribution in [0.4, 0.5) is 0 Å². The van der Waals surface area contributed by atoms with Crippen LogP contribution in [0, 0.1) is 5.92 Å². The summed E-state index contributed by atoms with van der Waals surface area (Å²) >= 11 is 0. The molecule has 0 aromatic heterocycles. The zero-order chi connectivity index (χ0) is 13.5. The fourth-order valence-electron chi connectivity index (χ4n) is 2.80. The molecule has 3 nitrogen and oxygen atoms in total. The lowest BCUT2D eigenvalue weighted by atomic mass is 9.98. The van der Waals surface area contributed by atoms with Crippen LogP contribution in [0.15, 0.2) is 24.3 Å². The number of para-hydroxylation sites is 1. The van der Waals surface area contributed by atoms with Crippen molar-refractivity contribution in [3.8, 4) is 5.75 Å². The first-order chi connectivity index (χ1) is 9.35. The summed E-state index contributed by atoms with van der Waals surface area (Å²) in [5.41, 5.74) is 1.32. The van der Waals surface area contributed by atoms with Crippen molar-refractivity contribution in [3.63, 3.8) is 0 Å². The van der Waals surface area contributed by atoms with Crippen LogP contribution in [-0.4, -0.2) is 31.4 Å². The molecule has 0 radical (unpaired) electrons. The summed E-state index contributed by atoms with van der Waals surface area (Å²) in [5.74, 6) is 2.09. The maximum Gasteiger partial charge on any atom is 0.122 e. The first-order valence-corrected chi connectivity index (χ1v) is 7.38. The van der Waals surface area contributed by atoms with Crippen molar-refractivity contribution >= 4 is 0 Å². The van der Waals surface area contributed by atoms with E-state index in [2.05, 4.69) is 24.4 Å². The molecule has 1 aromatic rings. The topological polar surface area (TPSA) is 41.5 Å². The molecule has 3 heteroatoms. The van der Waals surface area contributed by atoms with Crippen molar-refractivity contribution in [1.29, 1.82) is 0 Å². The molecule has 0 amide bonds. The molecule has 0 saturated carbocycles. The molecule has 1 heterocycles. The van der Waals surface area contributed by atoms with Gasteiger partial charge in [-0.2, -0.15) is 0 Å². The summed E-state index contributed by atoms with van der Waals surface area (Å²) in [7, 11) is 0. The van der Waals surface area contributed by atoms with Crippen molar-refractivity contribution in [2.45, 2.75) is 32.1 Å². The van der Waals surface area contributed by atoms with Gasteiger partial charge in [-0.3, -0.25) is 0 Å². The van der Waals surface area contributed by atoms with Crippen LogP contribution in [0.3, 0.4) is 0 Å². The Labute approximate surface area is 116 Å². The second-order valence-corrected chi connectivity index (χ2v) is 5.37. The number of aliphatic hydroxyl groups is 1. The van der Waals surface area contributed by atoms with Gasteiger partial charge in [0, 0.05) is 24.6 Å². The highest BCUT2D eigenvalue weighted by atomic mass is 16.5. The number of ether oxygens (including phenoxy) is 1. The molecule has 1 aliphatic heterocycles. The normalized spacial score (nSPS) is 18.9. The third-order valence-corrected chi connectivity index (χ3v) is 3.86. The van der Waals surface area contributed by atoms with Gasteiger partial charge in [0.05, 0.1) is 6.61 Å². The number of rotatable bonds is 8. The Morgan fingerprint density at radius 1 is 1.37 bits per heavy atom. The summed E-state index contributed by atoms with van der Waals surface area (Å²) in [6, 6.07) is 8.30. The predicted octanol–water partition coefficient (Wildman–Crippen LogP) is 2.55. The Balaban J connectivity index is 1.77. The van der Waals surface area contributed by atoms with Crippen LogP contribution in [0.25, 0.3) is 0 Å². The van der Waals surface area contributed by atoms with Gasteiger partial charge < -0.3 is 15.2 Å². The molecule has 0 spiro atoms. The fraction of sp³-hybridized carbons (Fsp3) is 0.625. The zero-order valence-corrected chi connectivity index (χ0v) is 11.8. The van der Waals surface area contributed by atoms with Gasteiger partial charge in [-0.1, -0.05) is 31.5 Å². The molecule has 106 valence electrons. The molecule has 2 rings (SSSR count). The Hall–Kier alpha value is -1.06. The van der Waals surface area contributed by atoms with E-state index in [4.69, 9.17) is 9.84 Å². The number of aliphatic hydroxyl groups excluding tert-OH is 1. The summed E-state index contributed by atoms with van der Waals surface area (Å²) in [6.07, 6.45) is 3.27. The third kappa shape index (κ3) is 3.95. The number of nitrogens with one attached hydrogen (secondary N) is 1. The molecule has 0 saturated heterocycles. The highest BCUT2D eigenvalue weighted by Gasteiger charge is 2.23. The number of benzene rings is 1. The van der Waals surface area contributed by atoms with E-state index in [9.17, 15) is 0 Å². The van der Waals surface area contributed by atoms with Gasteiger partial charge in [0.25, 0.3) is 0 Å². The lowest BCUT2D eigenvalue weighted by Crippen LogP contribution is -2.28. The smallest absolute Gasteiger partial charge is 0.122 e. The Morgan fingerprint density at radius 3 is 3.00 bits per heavy atom. The van der Waals surface area contributed by atoms with Crippen LogP contribution in [0.1, 0.15) is 37.7 Å². The second kappa shape index (κ2) is 7.51. The molecule has 1 aliphatic rings. The Morgan fingerprint density at radius 2 is 2.21 bits per heavy atom. The minimum absolute atomic E-state index is 0.293. The molecule has 2 unspecified atom stereocenters. The monoisotopic (exact) mass is 263 g/mol. The molecule has 2 N–H and O–H groups in total. The van der Waals surface area contributed by atoms with Crippen LogP contribution >= 0.6 is 0 Å². The molecular formula is C16H25NO2. The third-order valence-electron chi connectivity index (χ3n) is 3.86. The van der Waals surface area contributed by atoms with E-state index in [0.717, 1.165) is 31.9 Å². The highest BCUT2D eigenvalue weighted by Crippen LogP contribution is 2.32. The number of hydrogen-bond acceptors (Lipinski definition) is 3. The standard InChI is InChI=1S/C16H25NO2/c1-2-5-13(8-9-18)10-17-11-14-12-19-16-7-4-3-6-15(14)16/h3-4,6-7,13-14,17-18H,2,5,8-12H2,1H3. The minimum atomic E-state index is 0.293. The molecule has 2 atom stereocenters. The quantitative estimate of drug-likeness (QED) is 0.757. The summed E-state index contributed by atoms with van der Waals surface area (Å²) in [6.45, 7) is 5.23. The predicted molar refractivity (Wildman–Crippen MR) is 77.6 cm³/mol. The van der Waals surface area contributed by atoms with Crippen LogP contribution in [-0.2, 0) is 0 Å². The van der Waals surface area contributed by atoms with Gasteiger partial charge in [-0.05, 0) is 31.4 Å². The van der Waals surface area contributed by atoms with E-state index in [1.165, 1.54) is 18.4 Å². The highest BCUT2D eigenvalue weighted by molar-refractivity contribution is 5.39. The van der Waals surface area contributed by atoms with Gasteiger partial charge in [0.1, 0.15) is 5.75 Å². The van der Waals surface area contributed by atoms with E-state index in [1.54, 1.807) is 0 Å². The summed E-state index contributed by atoms with van der Waals surface area (Å²) < 4.78 is 5.68. The van der Waals surface area contributed by atoms with E-state index >= 15 is 0 Å². The fourth-order valence-corrected chi connectivity index (χ4v) is 2.80. The van der Waals surface area contributed by atoms with Crippen LogP contribution < -0.4 is 10.1 Å². The first-order valence-electron chi connectivity index (χ1n) is 7.38. The summed E-state index contributed by atoms with van der Waals surface area (Å²) in [5, 5.41) is 12.6. The lowest BCUT2D eigenvalue weighted by Gasteiger charge is -2.17. The van der Waals surface area contributed by atoms with Crippen LogP contribution in [0.5, 0.6) is 5.75 Å². The minimum Gasteiger partial charge on any atom is -0.493 e. The lowest BCUT2D eigenvalue weighted by molar-refractivity contribution is 0.246. The van der Waals surface area contributed by atoms with Crippen molar-refractivity contribution in [1.82, 2.24) is 5.32 Å². The van der Waals surface area contributed by atoms with E-state index in [0.29, 0.717) is 18.4 Å². The Bertz CT molecular complexity index is 375. The van der Waals surface area contributed by atoms with Gasteiger partial charge in [0.2, 0.25) is 0 Å². The Kier molecular flexibility index (Phi) is 5.67. The van der Waals surface area contributed by atoms with Gasteiger partial charge >= 0.3 is 0 Å². The number of hydrogen-bond donors (Lipinski definition) is 2. The van der Waals surface area contributed by atoms with Crippen molar-refractivity contribution < 1.29 is 9.84 Å². The molecular weight excluding hydrogens is 238 g/mol. The van der Waals surface area contributed by atoms with E-state index < -0.39 is 0 Å². The molecule has 0 fully saturated rings. The van der Waals surface area contributed by atoms with Gasteiger partial charge in [0.15, 0.2) is 0 Å². The van der Waals surface area contributed by atoms with Crippen molar-refractivity contribution in [2.24, 2.45) is 5.92 Å². The maximum atomic E-state index is 9.06. The molecule has 19 heavy (non-hydrogen) atoms. The maximum absolute atomic E-state index is 9.06. The van der Waals surface area contributed by atoms with Crippen LogP contribution in [0.2, 0.25) is 0 Å². The average Bonchev–Trinajstić information content (AvgIpc) is 2.83. The molecule has 0 aliphatic carbocycles. The largest absolute Gasteiger partial charge is 0.493 e. The van der Waals surface area contributed by atoms with Crippen molar-refractivity contribution in [2.75, 3.05) is 26.3 Å². The van der Waals surface area contributed by atoms with Gasteiger partial charge in [-0.25, -0.2) is 0 Å². The first kappa shape index (κ1) is 14.4. The SMILES string of the molecule is CCCC(CCO)CNCC1COc2ccccc21. The molecule has 0 bridgehead atoms. The molecule has 1 aromatic carbocycles. The number of fused-ring (bicyclic) bond motifs is 1. The summed E-state index contributed by atoms with van der Waals surface area (Å²) in [4.78, 5) is 0. The van der Waals surface area contributed by atoms with Crippen molar-refractivity contribution in [3.05, 3.63) is 29.8 Å². The second-order valence-electron chi connectivity index (χ2n) is 5.37. The van der Waals surface area contributed by atoms with E-state index in [-0.39, 0.29) is 0 Å².